The smallest absolute Gasteiger partial charge is 0.120 e. The van der Waals surface area contributed by atoms with E-state index in [0.717, 1.165) is 11.3 Å². The summed E-state index contributed by atoms with van der Waals surface area (Å²) in [5, 5.41) is 8.72. The van der Waals surface area contributed by atoms with Crippen LogP contribution in [0.15, 0.2) is 17.0 Å². The van der Waals surface area contributed by atoms with Crippen LogP contribution in [0, 0.1) is 18.3 Å². The van der Waals surface area contributed by atoms with Crippen LogP contribution in [0.1, 0.15) is 11.1 Å². The number of benzene rings is 1. The van der Waals surface area contributed by atoms with Gasteiger partial charge in [0.25, 0.3) is 0 Å². The molecular weight excluding hydrogens is 170 g/mol. The number of hydrogen-bond acceptors (Lipinski definition) is 3. The SMILES string of the molecule is COc1cc(C)c(C#N)c(S)c1. The Morgan fingerprint density at radius 3 is 2.58 bits per heavy atom. The molecule has 0 aliphatic carbocycles. The molecule has 2 nitrogen and oxygen atoms in total. The molecule has 62 valence electrons. The quantitative estimate of drug-likeness (QED) is 0.670. The predicted molar refractivity (Wildman–Crippen MR) is 49.7 cm³/mol. The van der Waals surface area contributed by atoms with Crippen LogP contribution in [-0.4, -0.2) is 7.11 Å². The van der Waals surface area contributed by atoms with Gasteiger partial charge in [-0.2, -0.15) is 5.26 Å². The van der Waals surface area contributed by atoms with Gasteiger partial charge in [-0.15, -0.1) is 12.6 Å². The highest BCUT2D eigenvalue weighted by atomic mass is 32.1. The van der Waals surface area contributed by atoms with Gasteiger partial charge in [0.2, 0.25) is 0 Å². The van der Waals surface area contributed by atoms with Crippen LogP contribution in [0.2, 0.25) is 0 Å². The minimum absolute atomic E-state index is 0.610. The Morgan fingerprint density at radius 1 is 1.50 bits per heavy atom. The lowest BCUT2D eigenvalue weighted by molar-refractivity contribution is 0.413. The maximum atomic E-state index is 8.72. The Labute approximate surface area is 77.2 Å². The lowest BCUT2D eigenvalue weighted by atomic mass is 10.1. The zero-order chi connectivity index (χ0) is 9.14. The largest absolute Gasteiger partial charge is 0.497 e. The summed E-state index contributed by atoms with van der Waals surface area (Å²) in [5.41, 5.74) is 1.50. The van der Waals surface area contributed by atoms with Crippen molar-refractivity contribution in [1.29, 1.82) is 5.26 Å². The Morgan fingerprint density at radius 2 is 2.17 bits per heavy atom. The first-order valence-electron chi connectivity index (χ1n) is 3.46. The van der Waals surface area contributed by atoms with E-state index in [1.807, 2.05) is 13.0 Å². The first kappa shape index (κ1) is 8.95. The molecule has 0 radical (unpaired) electrons. The molecule has 1 aromatic rings. The zero-order valence-corrected chi connectivity index (χ0v) is 7.85. The number of nitrogens with zero attached hydrogens (tertiary/aromatic N) is 1. The number of rotatable bonds is 1. The third-order valence-corrected chi connectivity index (χ3v) is 1.99. The Balaban J connectivity index is 3.30. The summed E-state index contributed by atoms with van der Waals surface area (Å²) >= 11 is 4.17. The third-order valence-electron chi connectivity index (χ3n) is 1.64. The normalized spacial score (nSPS) is 9.17. The maximum Gasteiger partial charge on any atom is 0.120 e. The van der Waals surface area contributed by atoms with E-state index in [1.165, 1.54) is 0 Å². The van der Waals surface area contributed by atoms with Gasteiger partial charge >= 0.3 is 0 Å². The van der Waals surface area contributed by atoms with Gasteiger partial charge in [0.15, 0.2) is 0 Å². The fourth-order valence-corrected chi connectivity index (χ4v) is 1.35. The van der Waals surface area contributed by atoms with Gasteiger partial charge in [-0.25, -0.2) is 0 Å². The van der Waals surface area contributed by atoms with Gasteiger partial charge in [-0.1, -0.05) is 0 Å². The summed E-state index contributed by atoms with van der Waals surface area (Å²) in [6.07, 6.45) is 0. The van der Waals surface area contributed by atoms with E-state index in [1.54, 1.807) is 13.2 Å². The lowest BCUT2D eigenvalue weighted by Crippen LogP contribution is -1.88. The van der Waals surface area contributed by atoms with Crippen LogP contribution in [0.3, 0.4) is 0 Å². The van der Waals surface area contributed by atoms with Crippen molar-refractivity contribution in [1.82, 2.24) is 0 Å². The first-order valence-corrected chi connectivity index (χ1v) is 3.91. The summed E-state index contributed by atoms with van der Waals surface area (Å²) in [6.45, 7) is 1.86. The lowest BCUT2D eigenvalue weighted by Gasteiger charge is -2.04. The molecule has 0 amide bonds. The van der Waals surface area contributed by atoms with Gasteiger partial charge in [0.1, 0.15) is 11.8 Å². The summed E-state index contributed by atoms with van der Waals surface area (Å²) in [5.74, 6) is 0.733. The second-order valence-electron chi connectivity index (χ2n) is 2.45. The molecule has 1 rings (SSSR count). The van der Waals surface area contributed by atoms with Gasteiger partial charge in [-0.05, 0) is 24.6 Å². The van der Waals surface area contributed by atoms with Crippen LogP contribution in [-0.2, 0) is 0 Å². The Kier molecular flexibility index (Phi) is 2.61. The molecule has 0 spiro atoms. The molecule has 0 bridgehead atoms. The topological polar surface area (TPSA) is 33.0 Å². The number of methoxy groups -OCH3 is 1. The minimum atomic E-state index is 0.610. The van der Waals surface area contributed by atoms with Crippen LogP contribution >= 0.6 is 12.6 Å². The van der Waals surface area contributed by atoms with Crippen molar-refractivity contribution in [2.24, 2.45) is 0 Å². The average Bonchev–Trinajstić information content (AvgIpc) is 2.03. The Bertz CT molecular complexity index is 318. The van der Waals surface area contributed by atoms with E-state index < -0.39 is 0 Å². The van der Waals surface area contributed by atoms with E-state index in [0.29, 0.717) is 10.5 Å². The molecule has 0 unspecified atom stereocenters. The molecule has 1 aromatic carbocycles. The first-order chi connectivity index (χ1) is 5.69. The van der Waals surface area contributed by atoms with Crippen molar-refractivity contribution in [2.45, 2.75) is 11.8 Å². The van der Waals surface area contributed by atoms with Crippen LogP contribution in [0.5, 0.6) is 5.75 Å². The van der Waals surface area contributed by atoms with Gasteiger partial charge in [0.05, 0.1) is 12.7 Å². The van der Waals surface area contributed by atoms with Crippen molar-refractivity contribution in [3.05, 3.63) is 23.3 Å². The van der Waals surface area contributed by atoms with Gasteiger partial charge in [-0.3, -0.25) is 0 Å². The second-order valence-corrected chi connectivity index (χ2v) is 2.93. The molecule has 0 saturated carbocycles. The highest BCUT2D eigenvalue weighted by molar-refractivity contribution is 7.80. The fourth-order valence-electron chi connectivity index (χ4n) is 0.999. The highest BCUT2D eigenvalue weighted by Gasteiger charge is 2.04. The standard InChI is InChI=1S/C9H9NOS/c1-6-3-7(11-2)4-9(12)8(6)5-10/h3-4,12H,1-2H3. The molecule has 0 saturated heterocycles. The van der Waals surface area contributed by atoms with Crippen molar-refractivity contribution in [2.75, 3.05) is 7.11 Å². The molecule has 0 aromatic heterocycles. The summed E-state index contributed by atoms with van der Waals surface area (Å²) in [4.78, 5) is 0.661. The number of nitriles is 1. The maximum absolute atomic E-state index is 8.72. The van der Waals surface area contributed by atoms with Crippen LogP contribution < -0.4 is 4.74 Å². The number of hydrogen-bond donors (Lipinski definition) is 1. The van der Waals surface area contributed by atoms with Crippen LogP contribution in [0.4, 0.5) is 0 Å². The molecule has 0 N–H and O–H groups in total. The van der Waals surface area contributed by atoms with Crippen LogP contribution in [0.25, 0.3) is 0 Å². The molecule has 0 heterocycles. The number of ether oxygens (including phenoxy) is 1. The van der Waals surface area contributed by atoms with Gasteiger partial charge < -0.3 is 4.74 Å². The summed E-state index contributed by atoms with van der Waals surface area (Å²) in [7, 11) is 1.59. The van der Waals surface area contributed by atoms with Gasteiger partial charge in [0, 0.05) is 4.90 Å². The molecule has 12 heavy (non-hydrogen) atoms. The van der Waals surface area contributed by atoms with Crippen molar-refractivity contribution < 1.29 is 4.74 Å². The summed E-state index contributed by atoms with van der Waals surface area (Å²) < 4.78 is 5.02. The molecule has 3 heteroatoms. The Hall–Kier alpha value is -1.14. The van der Waals surface area contributed by atoms with E-state index in [2.05, 4.69) is 18.7 Å². The number of thiol groups is 1. The summed E-state index contributed by atoms with van der Waals surface area (Å²) in [6, 6.07) is 5.63. The van der Waals surface area contributed by atoms with E-state index in [9.17, 15) is 0 Å². The van der Waals surface area contributed by atoms with Crippen molar-refractivity contribution >= 4 is 12.6 Å². The monoisotopic (exact) mass is 179 g/mol. The van der Waals surface area contributed by atoms with Crippen molar-refractivity contribution in [3.8, 4) is 11.8 Å². The minimum Gasteiger partial charge on any atom is -0.497 e. The third kappa shape index (κ3) is 1.54. The van der Waals surface area contributed by atoms with E-state index in [4.69, 9.17) is 10.00 Å². The second kappa shape index (κ2) is 3.51. The number of aryl methyl sites for hydroxylation is 1. The zero-order valence-electron chi connectivity index (χ0n) is 6.96. The molecule has 0 fully saturated rings. The van der Waals surface area contributed by atoms with E-state index >= 15 is 0 Å². The molecule has 0 atom stereocenters. The van der Waals surface area contributed by atoms with E-state index in [-0.39, 0.29) is 0 Å². The van der Waals surface area contributed by atoms with Crippen molar-refractivity contribution in [3.63, 3.8) is 0 Å². The molecule has 0 aliphatic rings. The fraction of sp³-hybridized carbons (Fsp3) is 0.222. The predicted octanol–water partition coefficient (Wildman–Crippen LogP) is 2.16. The highest BCUT2D eigenvalue weighted by Crippen LogP contribution is 2.23. The molecular formula is C9H9NOS. The molecule has 0 aliphatic heterocycles. The average molecular weight is 179 g/mol.